The number of aryl methyl sites for hydroxylation is 2. The summed E-state index contributed by atoms with van der Waals surface area (Å²) < 4.78 is 2.10. The van der Waals surface area contributed by atoms with E-state index in [1.807, 2.05) is 30.5 Å². The molecule has 1 N–H and O–H groups in total. The molecule has 1 aliphatic rings. The minimum absolute atomic E-state index is 0.0498. The second-order valence-electron chi connectivity index (χ2n) is 6.75. The van der Waals surface area contributed by atoms with Crippen LogP contribution in [0.15, 0.2) is 67.1 Å². The molecule has 0 unspecified atom stereocenters. The van der Waals surface area contributed by atoms with Gasteiger partial charge in [0.1, 0.15) is 5.82 Å². The van der Waals surface area contributed by atoms with Crippen molar-refractivity contribution in [3.05, 3.63) is 84.2 Å². The number of nitrogens with zero attached hydrogens (tertiary/aromatic N) is 3. The van der Waals surface area contributed by atoms with Gasteiger partial charge in [-0.2, -0.15) is 0 Å². The lowest BCUT2D eigenvalue weighted by atomic mass is 10.0. The molecule has 4 rings (SSSR count). The Labute approximate surface area is 153 Å². The van der Waals surface area contributed by atoms with Crippen molar-refractivity contribution in [2.45, 2.75) is 37.8 Å². The van der Waals surface area contributed by atoms with Crippen molar-refractivity contribution < 1.29 is 4.79 Å². The first-order valence-corrected chi connectivity index (χ1v) is 9.02. The number of hydrogen-bond acceptors (Lipinski definition) is 3. The van der Waals surface area contributed by atoms with Crippen LogP contribution in [0.3, 0.4) is 0 Å². The molecule has 3 aromatic rings. The van der Waals surface area contributed by atoms with Gasteiger partial charge in [0.2, 0.25) is 5.91 Å². The molecule has 1 saturated carbocycles. The van der Waals surface area contributed by atoms with Gasteiger partial charge in [-0.1, -0.05) is 36.4 Å². The number of imidazole rings is 1. The Morgan fingerprint density at radius 1 is 1.04 bits per heavy atom. The van der Waals surface area contributed by atoms with Crippen LogP contribution >= 0.6 is 0 Å². The second kappa shape index (κ2) is 7.12. The zero-order valence-electron chi connectivity index (χ0n) is 14.6. The fourth-order valence-electron chi connectivity index (χ4n) is 3.30. The summed E-state index contributed by atoms with van der Waals surface area (Å²) in [6.45, 7) is 1.29. The van der Waals surface area contributed by atoms with Crippen molar-refractivity contribution in [1.82, 2.24) is 19.9 Å². The summed E-state index contributed by atoms with van der Waals surface area (Å²) in [6.07, 6.45) is 8.17. The SMILES string of the molecule is O=C(NCc1nccn1CCc1ccccc1)C1(c2ccccn2)CC1. The average Bonchev–Trinajstić information content (AvgIpc) is 3.39. The number of amides is 1. The fourth-order valence-corrected chi connectivity index (χ4v) is 3.30. The van der Waals surface area contributed by atoms with E-state index in [0.717, 1.165) is 37.3 Å². The summed E-state index contributed by atoms with van der Waals surface area (Å²) >= 11 is 0. The maximum Gasteiger partial charge on any atom is 0.232 e. The summed E-state index contributed by atoms with van der Waals surface area (Å²) in [5.74, 6) is 0.930. The molecule has 1 aliphatic carbocycles. The minimum Gasteiger partial charge on any atom is -0.348 e. The van der Waals surface area contributed by atoms with Gasteiger partial charge in [-0.05, 0) is 37.0 Å². The monoisotopic (exact) mass is 346 g/mol. The number of benzene rings is 1. The summed E-state index contributed by atoms with van der Waals surface area (Å²) in [5, 5.41) is 3.06. The fraction of sp³-hybridized carbons (Fsp3) is 0.286. The first-order chi connectivity index (χ1) is 12.8. The second-order valence-corrected chi connectivity index (χ2v) is 6.75. The molecular formula is C21H22N4O. The van der Waals surface area contributed by atoms with Gasteiger partial charge in [0, 0.05) is 25.1 Å². The molecule has 0 radical (unpaired) electrons. The van der Waals surface area contributed by atoms with Gasteiger partial charge in [0.25, 0.3) is 0 Å². The minimum atomic E-state index is -0.442. The Morgan fingerprint density at radius 2 is 1.85 bits per heavy atom. The number of rotatable bonds is 7. The van der Waals surface area contributed by atoms with Crippen LogP contribution in [0.1, 0.15) is 29.9 Å². The van der Waals surface area contributed by atoms with Crippen LogP contribution in [-0.4, -0.2) is 20.4 Å². The third-order valence-electron chi connectivity index (χ3n) is 5.03. The van der Waals surface area contributed by atoms with E-state index in [4.69, 9.17) is 0 Å². The van der Waals surface area contributed by atoms with Gasteiger partial charge in [-0.3, -0.25) is 9.78 Å². The predicted molar refractivity (Wildman–Crippen MR) is 99.4 cm³/mol. The topological polar surface area (TPSA) is 59.8 Å². The molecule has 5 heteroatoms. The van der Waals surface area contributed by atoms with Crippen LogP contribution in [0, 0.1) is 0 Å². The maximum absolute atomic E-state index is 12.7. The molecule has 132 valence electrons. The van der Waals surface area contributed by atoms with Crippen LogP contribution in [-0.2, 0) is 29.7 Å². The van der Waals surface area contributed by atoms with Crippen LogP contribution in [0.4, 0.5) is 0 Å². The molecule has 26 heavy (non-hydrogen) atoms. The molecule has 1 amide bonds. The van der Waals surface area contributed by atoms with E-state index in [1.54, 1.807) is 12.4 Å². The first kappa shape index (κ1) is 16.5. The highest BCUT2D eigenvalue weighted by Gasteiger charge is 2.52. The highest BCUT2D eigenvalue weighted by atomic mass is 16.2. The van der Waals surface area contributed by atoms with Crippen LogP contribution in [0.25, 0.3) is 0 Å². The molecule has 0 saturated heterocycles. The zero-order valence-corrected chi connectivity index (χ0v) is 14.6. The van der Waals surface area contributed by atoms with E-state index in [-0.39, 0.29) is 5.91 Å². The Kier molecular flexibility index (Phi) is 4.52. The lowest BCUT2D eigenvalue weighted by Crippen LogP contribution is -2.35. The molecular weight excluding hydrogens is 324 g/mol. The third-order valence-corrected chi connectivity index (χ3v) is 5.03. The Morgan fingerprint density at radius 3 is 2.58 bits per heavy atom. The largest absolute Gasteiger partial charge is 0.348 e. The number of carbonyl (C=O) groups is 1. The summed E-state index contributed by atoms with van der Waals surface area (Å²) in [7, 11) is 0. The van der Waals surface area contributed by atoms with Crippen LogP contribution in [0.2, 0.25) is 0 Å². The van der Waals surface area contributed by atoms with E-state index in [9.17, 15) is 4.79 Å². The number of pyridine rings is 1. The summed E-state index contributed by atoms with van der Waals surface area (Å²) in [4.78, 5) is 21.5. The van der Waals surface area contributed by atoms with E-state index >= 15 is 0 Å². The molecule has 0 aliphatic heterocycles. The summed E-state index contributed by atoms with van der Waals surface area (Å²) in [5.41, 5.74) is 1.72. The Hall–Kier alpha value is -2.95. The average molecular weight is 346 g/mol. The maximum atomic E-state index is 12.7. The van der Waals surface area contributed by atoms with Gasteiger partial charge in [0.15, 0.2) is 0 Å². The number of aromatic nitrogens is 3. The quantitative estimate of drug-likeness (QED) is 0.716. The molecule has 0 spiro atoms. The van der Waals surface area contributed by atoms with Gasteiger partial charge in [-0.15, -0.1) is 0 Å². The predicted octanol–water partition coefficient (Wildman–Crippen LogP) is 2.87. The van der Waals surface area contributed by atoms with Crippen molar-refractivity contribution in [3.63, 3.8) is 0 Å². The highest BCUT2D eigenvalue weighted by Crippen LogP contribution is 2.47. The van der Waals surface area contributed by atoms with Crippen LogP contribution < -0.4 is 5.32 Å². The zero-order chi connectivity index (χ0) is 17.8. The molecule has 0 bridgehead atoms. The lowest BCUT2D eigenvalue weighted by Gasteiger charge is -2.15. The Bertz CT molecular complexity index is 869. The van der Waals surface area contributed by atoms with Gasteiger partial charge in [-0.25, -0.2) is 4.98 Å². The van der Waals surface area contributed by atoms with E-state index in [2.05, 4.69) is 44.1 Å². The van der Waals surface area contributed by atoms with Crippen LogP contribution in [0.5, 0.6) is 0 Å². The van der Waals surface area contributed by atoms with Gasteiger partial charge >= 0.3 is 0 Å². The molecule has 2 aromatic heterocycles. The standard InChI is InChI=1S/C21H22N4O/c26-20(21(10-11-21)18-8-4-5-12-22-18)24-16-19-23-13-15-25(19)14-9-17-6-2-1-3-7-17/h1-8,12-13,15H,9-11,14,16H2,(H,24,26). The third kappa shape index (κ3) is 3.38. The molecule has 1 aromatic carbocycles. The van der Waals surface area contributed by atoms with Crippen molar-refractivity contribution in [2.75, 3.05) is 0 Å². The van der Waals surface area contributed by atoms with Crippen molar-refractivity contribution in [1.29, 1.82) is 0 Å². The first-order valence-electron chi connectivity index (χ1n) is 9.02. The van der Waals surface area contributed by atoms with E-state index < -0.39 is 5.41 Å². The summed E-state index contributed by atoms with van der Waals surface area (Å²) in [6, 6.07) is 16.1. The van der Waals surface area contributed by atoms with E-state index in [1.165, 1.54) is 5.56 Å². The smallest absolute Gasteiger partial charge is 0.232 e. The van der Waals surface area contributed by atoms with E-state index in [0.29, 0.717) is 6.54 Å². The highest BCUT2D eigenvalue weighted by molar-refractivity contribution is 5.90. The molecule has 1 fully saturated rings. The number of nitrogens with one attached hydrogen (secondary N) is 1. The Balaban J connectivity index is 1.37. The number of carbonyl (C=O) groups excluding carboxylic acids is 1. The normalized spacial score (nSPS) is 14.8. The molecule has 2 heterocycles. The van der Waals surface area contributed by atoms with Crippen molar-refractivity contribution in [2.24, 2.45) is 0 Å². The van der Waals surface area contributed by atoms with Gasteiger partial charge in [0.05, 0.1) is 17.7 Å². The molecule has 5 nitrogen and oxygen atoms in total. The van der Waals surface area contributed by atoms with Crippen molar-refractivity contribution >= 4 is 5.91 Å². The lowest BCUT2D eigenvalue weighted by molar-refractivity contribution is -0.123. The van der Waals surface area contributed by atoms with Crippen molar-refractivity contribution in [3.8, 4) is 0 Å². The number of hydrogen-bond donors (Lipinski definition) is 1. The molecule has 0 atom stereocenters. The van der Waals surface area contributed by atoms with Gasteiger partial charge < -0.3 is 9.88 Å².